The van der Waals surface area contributed by atoms with E-state index < -0.39 is 0 Å². The standard InChI is InChI=1S/C23H27N5O/c1-17(29)18-8-10-19(11-9-18)28-14-12-27(13-15-28)16-22-24-21-7-5-4-6-20(21)23(25-22)26(2)3/h4-11H,12-16H2,1-3H3. The van der Waals surface area contributed by atoms with E-state index in [1.807, 2.05) is 50.5 Å². The van der Waals surface area contributed by atoms with Crippen molar-refractivity contribution in [2.24, 2.45) is 0 Å². The maximum Gasteiger partial charge on any atom is 0.159 e. The molecule has 6 nitrogen and oxygen atoms in total. The Morgan fingerprint density at radius 3 is 2.31 bits per heavy atom. The van der Waals surface area contributed by atoms with Crippen molar-refractivity contribution in [3.8, 4) is 0 Å². The SMILES string of the molecule is CC(=O)c1ccc(N2CCN(Cc3nc(N(C)C)c4ccccc4n3)CC2)cc1. The first-order chi connectivity index (χ1) is 14.0. The van der Waals surface area contributed by atoms with Crippen LogP contribution in [0.3, 0.4) is 0 Å². The third-order valence-corrected chi connectivity index (χ3v) is 5.43. The number of carbonyl (C=O) groups is 1. The summed E-state index contributed by atoms with van der Waals surface area (Å²) < 4.78 is 0. The number of para-hydroxylation sites is 1. The van der Waals surface area contributed by atoms with Gasteiger partial charge in [0.1, 0.15) is 11.6 Å². The number of nitrogens with zero attached hydrogens (tertiary/aromatic N) is 5. The average molecular weight is 390 g/mol. The lowest BCUT2D eigenvalue weighted by molar-refractivity contribution is 0.101. The van der Waals surface area contributed by atoms with Gasteiger partial charge in [0.05, 0.1) is 12.1 Å². The maximum atomic E-state index is 11.5. The molecule has 1 saturated heterocycles. The van der Waals surface area contributed by atoms with Crippen LogP contribution in [0.1, 0.15) is 23.1 Å². The molecule has 3 aromatic rings. The highest BCUT2D eigenvalue weighted by molar-refractivity contribution is 5.94. The van der Waals surface area contributed by atoms with E-state index >= 15 is 0 Å². The molecule has 0 bridgehead atoms. The summed E-state index contributed by atoms with van der Waals surface area (Å²) in [5, 5.41) is 1.08. The van der Waals surface area contributed by atoms with E-state index in [2.05, 4.69) is 26.8 Å². The van der Waals surface area contributed by atoms with Crippen LogP contribution in [-0.2, 0) is 6.54 Å². The van der Waals surface area contributed by atoms with Crippen LogP contribution < -0.4 is 9.80 Å². The second kappa shape index (κ2) is 8.17. The van der Waals surface area contributed by atoms with Crippen molar-refractivity contribution < 1.29 is 4.79 Å². The third kappa shape index (κ3) is 4.22. The van der Waals surface area contributed by atoms with E-state index in [-0.39, 0.29) is 5.78 Å². The molecular weight excluding hydrogens is 362 g/mol. The molecule has 2 heterocycles. The number of hydrogen-bond donors (Lipinski definition) is 0. The van der Waals surface area contributed by atoms with Gasteiger partial charge >= 0.3 is 0 Å². The first-order valence-electron chi connectivity index (χ1n) is 10.0. The van der Waals surface area contributed by atoms with Gasteiger partial charge in [0.25, 0.3) is 0 Å². The predicted molar refractivity (Wildman–Crippen MR) is 118 cm³/mol. The van der Waals surface area contributed by atoms with Crippen molar-refractivity contribution in [3.63, 3.8) is 0 Å². The quantitative estimate of drug-likeness (QED) is 0.625. The Labute approximate surface area is 171 Å². The molecule has 1 fully saturated rings. The van der Waals surface area contributed by atoms with E-state index in [4.69, 9.17) is 9.97 Å². The van der Waals surface area contributed by atoms with Crippen LogP contribution in [0, 0.1) is 0 Å². The molecule has 1 aromatic heterocycles. The molecule has 0 unspecified atom stereocenters. The van der Waals surface area contributed by atoms with Gasteiger partial charge in [0, 0.05) is 56.9 Å². The molecule has 29 heavy (non-hydrogen) atoms. The van der Waals surface area contributed by atoms with Crippen LogP contribution in [-0.4, -0.2) is 60.9 Å². The molecule has 0 N–H and O–H groups in total. The number of anilines is 2. The Morgan fingerprint density at radius 1 is 0.966 bits per heavy atom. The van der Waals surface area contributed by atoms with E-state index in [0.717, 1.165) is 60.8 Å². The van der Waals surface area contributed by atoms with E-state index in [9.17, 15) is 4.79 Å². The number of ketones is 1. The zero-order valence-electron chi connectivity index (χ0n) is 17.3. The molecule has 0 amide bonds. The normalized spacial score (nSPS) is 14.9. The summed E-state index contributed by atoms with van der Waals surface area (Å²) in [6.07, 6.45) is 0. The first kappa shape index (κ1) is 19.3. The van der Waals surface area contributed by atoms with Crippen molar-refractivity contribution in [1.29, 1.82) is 0 Å². The molecule has 0 radical (unpaired) electrons. The van der Waals surface area contributed by atoms with Crippen LogP contribution in [0.4, 0.5) is 11.5 Å². The number of carbonyl (C=O) groups excluding carboxylic acids is 1. The fourth-order valence-electron chi connectivity index (χ4n) is 3.79. The minimum atomic E-state index is 0.105. The van der Waals surface area contributed by atoms with Gasteiger partial charge in [-0.15, -0.1) is 0 Å². The molecule has 0 atom stereocenters. The summed E-state index contributed by atoms with van der Waals surface area (Å²) in [7, 11) is 4.05. The highest BCUT2D eigenvalue weighted by Gasteiger charge is 2.19. The predicted octanol–water partition coefficient (Wildman–Crippen LogP) is 3.22. The van der Waals surface area contributed by atoms with Gasteiger partial charge in [-0.1, -0.05) is 12.1 Å². The molecule has 1 aliphatic heterocycles. The lowest BCUT2D eigenvalue weighted by Gasteiger charge is -2.35. The fourth-order valence-corrected chi connectivity index (χ4v) is 3.79. The summed E-state index contributed by atoms with van der Waals surface area (Å²) >= 11 is 0. The monoisotopic (exact) mass is 389 g/mol. The average Bonchev–Trinajstić information content (AvgIpc) is 2.73. The van der Waals surface area contributed by atoms with Crippen molar-refractivity contribution in [3.05, 3.63) is 59.9 Å². The highest BCUT2D eigenvalue weighted by Crippen LogP contribution is 2.23. The van der Waals surface area contributed by atoms with Crippen LogP contribution in [0.15, 0.2) is 48.5 Å². The highest BCUT2D eigenvalue weighted by atomic mass is 16.1. The summed E-state index contributed by atoms with van der Waals surface area (Å²) in [5.74, 6) is 1.94. The van der Waals surface area contributed by atoms with Gasteiger partial charge in [0.2, 0.25) is 0 Å². The number of hydrogen-bond acceptors (Lipinski definition) is 6. The summed E-state index contributed by atoms with van der Waals surface area (Å²) in [4.78, 5) is 27.9. The van der Waals surface area contributed by atoms with Crippen molar-refractivity contribution >= 4 is 28.2 Å². The van der Waals surface area contributed by atoms with Gasteiger partial charge < -0.3 is 9.80 Å². The Morgan fingerprint density at radius 2 is 1.66 bits per heavy atom. The van der Waals surface area contributed by atoms with Crippen molar-refractivity contribution in [2.45, 2.75) is 13.5 Å². The van der Waals surface area contributed by atoms with Gasteiger partial charge in [-0.05, 0) is 43.3 Å². The topological polar surface area (TPSA) is 52.6 Å². The lowest BCUT2D eigenvalue weighted by atomic mass is 10.1. The molecule has 0 spiro atoms. The minimum Gasteiger partial charge on any atom is -0.369 e. The van der Waals surface area contributed by atoms with Crippen molar-refractivity contribution in [2.75, 3.05) is 50.1 Å². The molecule has 0 aliphatic carbocycles. The molecule has 6 heteroatoms. The summed E-state index contributed by atoms with van der Waals surface area (Å²) in [6, 6.07) is 16.1. The second-order valence-corrected chi connectivity index (χ2v) is 7.74. The smallest absolute Gasteiger partial charge is 0.159 e. The number of Topliss-reactive ketones (excluding diaryl/α,β-unsaturated/α-hetero) is 1. The van der Waals surface area contributed by atoms with Gasteiger partial charge in [-0.2, -0.15) is 0 Å². The number of benzene rings is 2. The number of aromatic nitrogens is 2. The Bertz CT molecular complexity index is 1010. The van der Waals surface area contributed by atoms with E-state index in [1.165, 1.54) is 5.69 Å². The van der Waals surface area contributed by atoms with Gasteiger partial charge in [-0.25, -0.2) is 9.97 Å². The molecule has 2 aromatic carbocycles. The molecule has 4 rings (SSSR count). The molecule has 0 saturated carbocycles. The fraction of sp³-hybridized carbons (Fsp3) is 0.348. The maximum absolute atomic E-state index is 11.5. The molecule has 150 valence electrons. The van der Waals surface area contributed by atoms with E-state index in [1.54, 1.807) is 6.92 Å². The summed E-state index contributed by atoms with van der Waals surface area (Å²) in [5.41, 5.74) is 2.93. The number of piperazine rings is 1. The summed E-state index contributed by atoms with van der Waals surface area (Å²) in [6.45, 7) is 6.18. The number of rotatable bonds is 5. The second-order valence-electron chi connectivity index (χ2n) is 7.74. The Balaban J connectivity index is 1.44. The Kier molecular flexibility index (Phi) is 5.45. The number of fused-ring (bicyclic) bond motifs is 1. The largest absolute Gasteiger partial charge is 0.369 e. The van der Waals surface area contributed by atoms with Gasteiger partial charge in [0.15, 0.2) is 5.78 Å². The van der Waals surface area contributed by atoms with Gasteiger partial charge in [-0.3, -0.25) is 9.69 Å². The zero-order valence-corrected chi connectivity index (χ0v) is 17.3. The third-order valence-electron chi connectivity index (χ3n) is 5.43. The molecule has 1 aliphatic rings. The minimum absolute atomic E-state index is 0.105. The zero-order chi connectivity index (χ0) is 20.4. The van der Waals surface area contributed by atoms with Crippen LogP contribution in [0.5, 0.6) is 0 Å². The van der Waals surface area contributed by atoms with Crippen LogP contribution >= 0.6 is 0 Å². The van der Waals surface area contributed by atoms with E-state index in [0.29, 0.717) is 0 Å². The first-order valence-corrected chi connectivity index (χ1v) is 10.0. The lowest BCUT2D eigenvalue weighted by Crippen LogP contribution is -2.46. The van der Waals surface area contributed by atoms with Crippen LogP contribution in [0.2, 0.25) is 0 Å². The Hall–Kier alpha value is -2.99. The molecular formula is C23H27N5O. The van der Waals surface area contributed by atoms with Crippen molar-refractivity contribution in [1.82, 2.24) is 14.9 Å². The van der Waals surface area contributed by atoms with Crippen LogP contribution in [0.25, 0.3) is 10.9 Å².